The number of carbonyl (C=O) groups is 1. The Kier molecular flexibility index (Phi) is 5.88. The van der Waals surface area contributed by atoms with Gasteiger partial charge in [0, 0.05) is 4.88 Å². The molecule has 142 valence electrons. The Bertz CT molecular complexity index is 805. The zero-order chi connectivity index (χ0) is 18.5. The first-order chi connectivity index (χ1) is 13.3. The molecule has 1 aliphatic carbocycles. The number of hydrogen-bond acceptors (Lipinski definition) is 7. The number of furan rings is 1. The molecule has 1 aliphatic rings. The summed E-state index contributed by atoms with van der Waals surface area (Å²) in [4.78, 5) is 15.9. The van der Waals surface area contributed by atoms with Crippen LogP contribution >= 0.6 is 23.1 Å². The second kappa shape index (κ2) is 8.71. The van der Waals surface area contributed by atoms with Crippen LogP contribution in [0.1, 0.15) is 42.4 Å². The van der Waals surface area contributed by atoms with Gasteiger partial charge < -0.3 is 9.32 Å². The highest BCUT2D eigenvalue weighted by atomic mass is 32.2. The van der Waals surface area contributed by atoms with Crippen LogP contribution in [0.15, 0.2) is 45.5 Å². The molecule has 3 aromatic heterocycles. The van der Waals surface area contributed by atoms with E-state index in [0.717, 1.165) is 28.6 Å². The summed E-state index contributed by atoms with van der Waals surface area (Å²) >= 11 is 3.06. The van der Waals surface area contributed by atoms with Crippen molar-refractivity contribution in [3.63, 3.8) is 0 Å². The first-order valence-electron chi connectivity index (χ1n) is 9.03. The highest BCUT2D eigenvalue weighted by Crippen LogP contribution is 2.31. The minimum atomic E-state index is 0.0470. The van der Waals surface area contributed by atoms with E-state index in [1.54, 1.807) is 17.6 Å². The Morgan fingerprint density at radius 2 is 2.19 bits per heavy atom. The van der Waals surface area contributed by atoms with Crippen molar-refractivity contribution in [2.75, 3.05) is 5.75 Å². The van der Waals surface area contributed by atoms with Crippen LogP contribution in [0.4, 0.5) is 0 Å². The monoisotopic (exact) mass is 403 g/mol. The summed E-state index contributed by atoms with van der Waals surface area (Å²) in [6, 6.07) is 8.14. The molecule has 0 aliphatic heterocycles. The van der Waals surface area contributed by atoms with Gasteiger partial charge in [0.1, 0.15) is 5.76 Å². The Morgan fingerprint density at radius 1 is 1.30 bits per heavy atom. The number of thioether (sulfide) groups is 1. The summed E-state index contributed by atoms with van der Waals surface area (Å²) in [5.74, 6) is 1.13. The van der Waals surface area contributed by atoms with Crippen molar-refractivity contribution in [3.8, 4) is 0 Å². The number of nitrogens with zero attached hydrogens (tertiary/aromatic N) is 5. The number of carbonyl (C=O) groups excluding carboxylic acids is 1. The molecule has 0 saturated heterocycles. The minimum absolute atomic E-state index is 0.0470. The molecule has 0 spiro atoms. The van der Waals surface area contributed by atoms with Crippen LogP contribution in [0, 0.1) is 0 Å². The van der Waals surface area contributed by atoms with Crippen molar-refractivity contribution in [1.29, 1.82) is 0 Å². The van der Waals surface area contributed by atoms with E-state index in [9.17, 15) is 4.79 Å². The lowest BCUT2D eigenvalue weighted by Gasteiger charge is -2.21. The number of hydrogen-bond donors (Lipinski definition) is 0. The van der Waals surface area contributed by atoms with Gasteiger partial charge >= 0.3 is 0 Å². The average Bonchev–Trinajstić information content (AvgIpc) is 3.47. The van der Waals surface area contributed by atoms with Crippen LogP contribution < -0.4 is 0 Å². The zero-order valence-corrected chi connectivity index (χ0v) is 16.5. The van der Waals surface area contributed by atoms with Crippen molar-refractivity contribution in [1.82, 2.24) is 25.1 Å². The third kappa shape index (κ3) is 4.59. The van der Waals surface area contributed by atoms with E-state index >= 15 is 0 Å². The molecule has 3 heterocycles. The van der Waals surface area contributed by atoms with Gasteiger partial charge in [-0.05, 0) is 46.8 Å². The number of amides is 1. The van der Waals surface area contributed by atoms with Gasteiger partial charge in [0.25, 0.3) is 0 Å². The predicted octanol–water partition coefficient (Wildman–Crippen LogP) is 3.76. The van der Waals surface area contributed by atoms with Crippen LogP contribution in [0.2, 0.25) is 0 Å². The molecule has 0 bridgehead atoms. The topological polar surface area (TPSA) is 77.1 Å². The van der Waals surface area contributed by atoms with Crippen molar-refractivity contribution in [3.05, 3.63) is 46.5 Å². The van der Waals surface area contributed by atoms with E-state index in [0.29, 0.717) is 24.9 Å². The molecule has 0 radical (unpaired) electrons. The fourth-order valence-corrected chi connectivity index (χ4v) is 4.86. The van der Waals surface area contributed by atoms with E-state index in [1.807, 2.05) is 39.2 Å². The largest absolute Gasteiger partial charge is 0.467 e. The Labute approximate surface area is 165 Å². The van der Waals surface area contributed by atoms with Gasteiger partial charge in [0.05, 0.1) is 31.1 Å². The first-order valence-corrected chi connectivity index (χ1v) is 10.9. The van der Waals surface area contributed by atoms with Crippen molar-refractivity contribution < 1.29 is 9.21 Å². The Morgan fingerprint density at radius 3 is 2.93 bits per heavy atom. The molecule has 1 saturated carbocycles. The highest BCUT2D eigenvalue weighted by Gasteiger charge is 2.23. The van der Waals surface area contributed by atoms with Gasteiger partial charge in [-0.1, -0.05) is 30.7 Å². The molecule has 27 heavy (non-hydrogen) atoms. The summed E-state index contributed by atoms with van der Waals surface area (Å²) in [6.45, 7) is 1.03. The van der Waals surface area contributed by atoms with Crippen LogP contribution in [0.5, 0.6) is 0 Å². The molecule has 1 fully saturated rings. The van der Waals surface area contributed by atoms with Crippen LogP contribution in [0.3, 0.4) is 0 Å². The van der Waals surface area contributed by atoms with Crippen molar-refractivity contribution >= 4 is 29.0 Å². The molecule has 3 aromatic rings. The molecule has 0 N–H and O–H groups in total. The minimum Gasteiger partial charge on any atom is -0.467 e. The quantitative estimate of drug-likeness (QED) is 0.533. The summed E-state index contributed by atoms with van der Waals surface area (Å²) in [5, 5.41) is 14.8. The maximum Gasteiger partial charge on any atom is 0.233 e. The van der Waals surface area contributed by atoms with Gasteiger partial charge in [0.15, 0.2) is 0 Å². The third-order valence-corrected chi connectivity index (χ3v) is 6.44. The van der Waals surface area contributed by atoms with Gasteiger partial charge in [0.2, 0.25) is 11.1 Å². The van der Waals surface area contributed by atoms with E-state index < -0.39 is 0 Å². The second-order valence-electron chi connectivity index (χ2n) is 6.54. The van der Waals surface area contributed by atoms with E-state index in [1.165, 1.54) is 24.6 Å². The maximum atomic E-state index is 12.9. The standard InChI is InChI=1S/C18H21N5O2S2/c24-17(13-27-18-19-20-21-23(18)14-5-1-2-6-14)22(11-15-7-3-9-25-15)12-16-8-4-10-26-16/h3-4,7-10,14H,1-2,5-6,11-13H2. The van der Waals surface area contributed by atoms with Gasteiger partial charge in [-0.15, -0.1) is 16.4 Å². The summed E-state index contributed by atoms with van der Waals surface area (Å²) in [7, 11) is 0. The van der Waals surface area contributed by atoms with Gasteiger partial charge in [-0.25, -0.2) is 4.68 Å². The van der Waals surface area contributed by atoms with E-state index in [2.05, 4.69) is 15.5 Å². The Balaban J connectivity index is 1.41. The summed E-state index contributed by atoms with van der Waals surface area (Å²) < 4.78 is 7.33. The predicted molar refractivity (Wildman–Crippen MR) is 103 cm³/mol. The lowest BCUT2D eigenvalue weighted by molar-refractivity contribution is -0.129. The van der Waals surface area contributed by atoms with Crippen molar-refractivity contribution in [2.24, 2.45) is 0 Å². The molecule has 0 aromatic carbocycles. The van der Waals surface area contributed by atoms with Gasteiger partial charge in [-0.2, -0.15) is 0 Å². The van der Waals surface area contributed by atoms with Crippen molar-refractivity contribution in [2.45, 2.75) is 50.0 Å². The fraction of sp³-hybridized carbons (Fsp3) is 0.444. The fourth-order valence-electron chi connectivity index (χ4n) is 3.29. The van der Waals surface area contributed by atoms with Crippen LogP contribution in [-0.4, -0.2) is 36.8 Å². The normalized spacial score (nSPS) is 14.7. The molecule has 7 nitrogen and oxygen atoms in total. The first kappa shape index (κ1) is 18.2. The van der Waals surface area contributed by atoms with Crippen LogP contribution in [-0.2, 0) is 17.9 Å². The third-order valence-electron chi connectivity index (χ3n) is 4.66. The van der Waals surface area contributed by atoms with E-state index in [-0.39, 0.29) is 5.91 Å². The molecule has 0 unspecified atom stereocenters. The number of aromatic nitrogens is 4. The zero-order valence-electron chi connectivity index (χ0n) is 14.9. The lowest BCUT2D eigenvalue weighted by Crippen LogP contribution is -2.31. The summed E-state index contributed by atoms with van der Waals surface area (Å²) in [6.07, 6.45) is 6.27. The van der Waals surface area contributed by atoms with E-state index in [4.69, 9.17) is 4.42 Å². The molecule has 4 rings (SSSR count). The molecule has 9 heteroatoms. The molecule has 0 atom stereocenters. The van der Waals surface area contributed by atoms with Crippen LogP contribution in [0.25, 0.3) is 0 Å². The maximum absolute atomic E-state index is 12.9. The molecular formula is C18H21N5O2S2. The number of thiophene rings is 1. The SMILES string of the molecule is O=C(CSc1nnnn1C1CCCC1)N(Cc1ccco1)Cc1cccs1. The number of rotatable bonds is 8. The smallest absolute Gasteiger partial charge is 0.233 e. The molecule has 1 amide bonds. The van der Waals surface area contributed by atoms with Gasteiger partial charge in [-0.3, -0.25) is 4.79 Å². The average molecular weight is 404 g/mol. The summed E-state index contributed by atoms with van der Waals surface area (Å²) in [5.41, 5.74) is 0. The highest BCUT2D eigenvalue weighted by molar-refractivity contribution is 7.99. The lowest BCUT2D eigenvalue weighted by atomic mass is 10.3. The second-order valence-corrected chi connectivity index (χ2v) is 8.52. The Hall–Kier alpha value is -2.13. The molecular weight excluding hydrogens is 382 g/mol. The number of tetrazole rings is 1.